The van der Waals surface area contributed by atoms with E-state index in [1.165, 1.54) is 10.8 Å². The number of amides is 1. The van der Waals surface area contributed by atoms with Crippen molar-refractivity contribution in [1.29, 1.82) is 0 Å². The second-order valence-corrected chi connectivity index (χ2v) is 7.56. The fourth-order valence-electron chi connectivity index (χ4n) is 3.68. The van der Waals surface area contributed by atoms with Crippen molar-refractivity contribution < 1.29 is 19.4 Å². The summed E-state index contributed by atoms with van der Waals surface area (Å²) in [6.45, 7) is 1.85. The van der Waals surface area contributed by atoms with Crippen LogP contribution in [0.5, 0.6) is 17.2 Å². The summed E-state index contributed by atoms with van der Waals surface area (Å²) in [5.74, 6) is 0.816. The Morgan fingerprint density at radius 2 is 1.71 bits per heavy atom. The number of hydrogen-bond donors (Lipinski definition) is 2. The number of aromatic nitrogens is 1. The van der Waals surface area contributed by atoms with Gasteiger partial charge < -0.3 is 14.6 Å². The van der Waals surface area contributed by atoms with Gasteiger partial charge in [-0.25, -0.2) is 5.43 Å². The number of benzene rings is 3. The van der Waals surface area contributed by atoms with Crippen LogP contribution in [0.15, 0.2) is 76.6 Å². The Morgan fingerprint density at radius 3 is 2.41 bits per heavy atom. The number of carbonyl (C=O) groups excluding carboxylic acids is 1. The molecule has 2 N–H and O–H groups in total. The molecule has 0 saturated carbocycles. The SMILES string of the molecule is COc1ccc(/C=N/NC(=O)c2ccc(-n3c(=O)cc(C)c4ccc(O)cc43)cc2)cc1OC. The summed E-state index contributed by atoms with van der Waals surface area (Å²) in [4.78, 5) is 25.2. The second-order valence-electron chi connectivity index (χ2n) is 7.56. The van der Waals surface area contributed by atoms with Crippen LogP contribution in [0.25, 0.3) is 16.6 Å². The normalized spacial score (nSPS) is 11.0. The predicted molar refractivity (Wildman–Crippen MR) is 131 cm³/mol. The largest absolute Gasteiger partial charge is 0.508 e. The standard InChI is InChI=1S/C26H23N3O5/c1-16-12-25(31)29(22-14-20(30)9-10-21(16)22)19-7-5-18(6-8-19)26(32)28-27-15-17-4-11-23(33-2)24(13-17)34-3/h4-15,30H,1-3H3,(H,28,32)/b27-15+. The molecule has 0 radical (unpaired) electrons. The van der Waals surface area contributed by atoms with Gasteiger partial charge in [0.2, 0.25) is 0 Å². The molecular formula is C26H23N3O5. The summed E-state index contributed by atoms with van der Waals surface area (Å²) in [7, 11) is 3.10. The molecule has 4 rings (SSSR count). The average molecular weight is 457 g/mol. The van der Waals surface area contributed by atoms with Gasteiger partial charge in [0.1, 0.15) is 5.75 Å². The van der Waals surface area contributed by atoms with Gasteiger partial charge in [0.25, 0.3) is 11.5 Å². The number of rotatable bonds is 6. The average Bonchev–Trinajstić information content (AvgIpc) is 2.84. The Morgan fingerprint density at radius 1 is 0.971 bits per heavy atom. The molecule has 0 aliphatic carbocycles. The van der Waals surface area contributed by atoms with E-state index in [4.69, 9.17) is 9.47 Å². The molecule has 4 aromatic rings. The highest BCUT2D eigenvalue weighted by Gasteiger charge is 2.11. The molecule has 172 valence electrons. The number of fused-ring (bicyclic) bond motifs is 1. The summed E-state index contributed by atoms with van der Waals surface area (Å²) in [6, 6.07) is 18.3. The highest BCUT2D eigenvalue weighted by Crippen LogP contribution is 2.27. The summed E-state index contributed by atoms with van der Waals surface area (Å²) in [5.41, 5.74) is 5.33. The molecule has 8 heteroatoms. The summed E-state index contributed by atoms with van der Waals surface area (Å²) in [6.07, 6.45) is 1.50. The molecule has 3 aromatic carbocycles. The van der Waals surface area contributed by atoms with Crippen molar-refractivity contribution in [3.8, 4) is 22.9 Å². The highest BCUT2D eigenvalue weighted by molar-refractivity contribution is 5.95. The number of aromatic hydroxyl groups is 1. The fraction of sp³-hybridized carbons (Fsp3) is 0.115. The maximum Gasteiger partial charge on any atom is 0.271 e. The Bertz CT molecular complexity index is 1460. The van der Waals surface area contributed by atoms with Crippen LogP contribution in [-0.4, -0.2) is 36.0 Å². The first kappa shape index (κ1) is 22.6. The fourth-order valence-corrected chi connectivity index (χ4v) is 3.68. The van der Waals surface area contributed by atoms with Crippen LogP contribution < -0.4 is 20.5 Å². The van der Waals surface area contributed by atoms with E-state index in [2.05, 4.69) is 10.5 Å². The monoisotopic (exact) mass is 457 g/mol. The first-order valence-corrected chi connectivity index (χ1v) is 10.4. The van der Waals surface area contributed by atoms with Crippen LogP contribution in [0, 0.1) is 6.92 Å². The number of phenolic OH excluding ortho intramolecular Hbond substituents is 1. The van der Waals surface area contributed by atoms with Crippen LogP contribution in [0.2, 0.25) is 0 Å². The maximum atomic E-state index is 12.7. The van der Waals surface area contributed by atoms with E-state index < -0.39 is 5.91 Å². The van der Waals surface area contributed by atoms with Crippen LogP contribution in [-0.2, 0) is 0 Å². The van der Waals surface area contributed by atoms with Gasteiger partial charge in [-0.2, -0.15) is 5.10 Å². The predicted octanol–water partition coefficient (Wildman–Crippen LogP) is 3.79. The number of nitrogens with zero attached hydrogens (tertiary/aromatic N) is 2. The Kier molecular flexibility index (Phi) is 6.31. The van der Waals surface area contributed by atoms with E-state index in [1.807, 2.05) is 6.92 Å². The van der Waals surface area contributed by atoms with E-state index >= 15 is 0 Å². The summed E-state index contributed by atoms with van der Waals surface area (Å²) < 4.78 is 12.0. The van der Waals surface area contributed by atoms with E-state index in [0.29, 0.717) is 28.3 Å². The molecule has 0 fully saturated rings. The van der Waals surface area contributed by atoms with Gasteiger partial charge in [-0.3, -0.25) is 14.2 Å². The number of aryl methyl sites for hydroxylation is 1. The molecule has 8 nitrogen and oxygen atoms in total. The van der Waals surface area contributed by atoms with E-state index in [1.54, 1.807) is 80.9 Å². The Balaban J connectivity index is 1.55. The summed E-state index contributed by atoms with van der Waals surface area (Å²) in [5, 5.41) is 14.8. The van der Waals surface area contributed by atoms with Crippen molar-refractivity contribution >= 4 is 23.0 Å². The Hall–Kier alpha value is -4.59. The van der Waals surface area contributed by atoms with Crippen LogP contribution >= 0.6 is 0 Å². The molecule has 0 unspecified atom stereocenters. The second kappa shape index (κ2) is 9.50. The van der Waals surface area contributed by atoms with E-state index in [0.717, 1.165) is 16.5 Å². The molecule has 0 atom stereocenters. The zero-order chi connectivity index (χ0) is 24.2. The number of hydrazone groups is 1. The first-order valence-electron chi connectivity index (χ1n) is 10.4. The maximum absolute atomic E-state index is 12.7. The molecule has 1 aromatic heterocycles. The van der Waals surface area contributed by atoms with Gasteiger partial charge >= 0.3 is 0 Å². The third-order valence-corrected chi connectivity index (χ3v) is 5.38. The molecular weight excluding hydrogens is 434 g/mol. The van der Waals surface area contributed by atoms with Crippen molar-refractivity contribution in [3.05, 3.63) is 93.8 Å². The minimum atomic E-state index is -0.401. The van der Waals surface area contributed by atoms with Crippen LogP contribution in [0.1, 0.15) is 21.5 Å². The molecule has 1 heterocycles. The first-order chi connectivity index (χ1) is 16.4. The molecule has 0 bridgehead atoms. The highest BCUT2D eigenvalue weighted by atomic mass is 16.5. The topological polar surface area (TPSA) is 102 Å². The van der Waals surface area contributed by atoms with E-state index in [-0.39, 0.29) is 11.3 Å². The van der Waals surface area contributed by atoms with Gasteiger partial charge in [-0.05, 0) is 72.6 Å². The molecule has 0 aliphatic rings. The quantitative estimate of drug-likeness (QED) is 0.339. The van der Waals surface area contributed by atoms with Gasteiger partial charge in [0.05, 0.1) is 26.0 Å². The molecule has 0 saturated heterocycles. The van der Waals surface area contributed by atoms with Crippen molar-refractivity contribution in [3.63, 3.8) is 0 Å². The molecule has 0 spiro atoms. The number of pyridine rings is 1. The van der Waals surface area contributed by atoms with Crippen molar-refractivity contribution in [2.24, 2.45) is 5.10 Å². The number of carbonyl (C=O) groups is 1. The lowest BCUT2D eigenvalue weighted by Gasteiger charge is -2.13. The lowest BCUT2D eigenvalue weighted by molar-refractivity contribution is 0.0955. The smallest absolute Gasteiger partial charge is 0.271 e. The van der Waals surface area contributed by atoms with E-state index in [9.17, 15) is 14.7 Å². The number of ether oxygens (including phenoxy) is 2. The minimum Gasteiger partial charge on any atom is -0.508 e. The zero-order valence-corrected chi connectivity index (χ0v) is 18.9. The van der Waals surface area contributed by atoms with Crippen molar-refractivity contribution in [2.75, 3.05) is 14.2 Å². The lowest BCUT2D eigenvalue weighted by Crippen LogP contribution is -2.20. The van der Waals surface area contributed by atoms with Gasteiger partial charge in [-0.15, -0.1) is 0 Å². The van der Waals surface area contributed by atoms with Gasteiger partial charge in [0, 0.05) is 28.8 Å². The van der Waals surface area contributed by atoms with Gasteiger partial charge in [-0.1, -0.05) is 0 Å². The Labute approximate surface area is 195 Å². The molecule has 0 aliphatic heterocycles. The third kappa shape index (κ3) is 4.47. The lowest BCUT2D eigenvalue weighted by atomic mass is 10.1. The number of hydrogen-bond acceptors (Lipinski definition) is 6. The van der Waals surface area contributed by atoms with Crippen LogP contribution in [0.3, 0.4) is 0 Å². The third-order valence-electron chi connectivity index (χ3n) is 5.38. The van der Waals surface area contributed by atoms with Gasteiger partial charge in [0.15, 0.2) is 11.5 Å². The molecule has 1 amide bonds. The number of phenols is 1. The minimum absolute atomic E-state index is 0.0644. The molecule has 34 heavy (non-hydrogen) atoms. The number of methoxy groups -OCH3 is 2. The summed E-state index contributed by atoms with van der Waals surface area (Å²) >= 11 is 0. The van der Waals surface area contributed by atoms with Crippen LogP contribution in [0.4, 0.5) is 0 Å². The zero-order valence-electron chi connectivity index (χ0n) is 18.9. The number of nitrogens with one attached hydrogen (secondary N) is 1. The van der Waals surface area contributed by atoms with Crippen molar-refractivity contribution in [2.45, 2.75) is 6.92 Å². The van der Waals surface area contributed by atoms with Crippen molar-refractivity contribution in [1.82, 2.24) is 9.99 Å².